The lowest BCUT2D eigenvalue weighted by Crippen LogP contribution is -2.32. The van der Waals surface area contributed by atoms with Crippen molar-refractivity contribution in [1.82, 2.24) is 0 Å². The summed E-state index contributed by atoms with van der Waals surface area (Å²) in [5.74, 6) is 3.56. The Morgan fingerprint density at radius 3 is 1.30 bits per heavy atom. The van der Waals surface area contributed by atoms with Crippen LogP contribution in [0.3, 0.4) is 0 Å². The van der Waals surface area contributed by atoms with Gasteiger partial charge in [-0.1, -0.05) is 170 Å². The Kier molecular flexibility index (Phi) is 6.97. The van der Waals surface area contributed by atoms with Gasteiger partial charge in [0.1, 0.15) is 23.0 Å². The second kappa shape index (κ2) is 12.7. The van der Waals surface area contributed by atoms with Gasteiger partial charge in [0.25, 0.3) is 0 Å². The Morgan fingerprint density at radius 1 is 0.286 bits per heavy atom. The second-order valence-electron chi connectivity index (χ2n) is 17.1. The molecule has 2 aliphatic carbocycles. The number of benzene rings is 10. The molecule has 10 aromatic rings. The van der Waals surface area contributed by atoms with E-state index in [4.69, 9.17) is 9.47 Å². The summed E-state index contributed by atoms with van der Waals surface area (Å²) in [6.07, 6.45) is 0. The summed E-state index contributed by atoms with van der Waals surface area (Å²) in [6.45, 7) is 0. The van der Waals surface area contributed by atoms with Crippen LogP contribution in [0.25, 0.3) is 33.0 Å². The Labute approximate surface area is 365 Å². The fraction of sp³-hybridized carbons (Fsp3) is 0.0333. The van der Waals surface area contributed by atoms with Crippen LogP contribution in [0.5, 0.6) is 23.0 Å². The summed E-state index contributed by atoms with van der Waals surface area (Å²) in [4.78, 5) is 2.48. The van der Waals surface area contributed by atoms with Crippen molar-refractivity contribution >= 4 is 27.8 Å². The second-order valence-corrected chi connectivity index (χ2v) is 17.1. The Balaban J connectivity index is 1.05. The molecule has 0 fully saturated rings. The first-order valence-electron chi connectivity index (χ1n) is 21.7. The van der Waals surface area contributed by atoms with E-state index in [1.807, 2.05) is 0 Å². The van der Waals surface area contributed by atoms with Crippen molar-refractivity contribution in [2.45, 2.75) is 10.8 Å². The van der Waals surface area contributed by atoms with Gasteiger partial charge in [-0.3, -0.25) is 0 Å². The molecule has 3 heteroatoms. The SMILES string of the molecule is c1ccc2c(c1)Oc1ccccc1C21c2ccccc2-c2cc(N(c3ccc4c(c3)C3(c5ccccc5Oc5ccccc53)c3ccccc3-4)c3cccc4ccccc34)ccc21. The lowest BCUT2D eigenvalue weighted by Gasteiger charge is -2.40. The topological polar surface area (TPSA) is 21.7 Å². The summed E-state index contributed by atoms with van der Waals surface area (Å²) in [5, 5.41) is 2.38. The number of para-hydroxylation sites is 4. The molecule has 0 N–H and O–H groups in total. The van der Waals surface area contributed by atoms with Crippen molar-refractivity contribution < 1.29 is 9.47 Å². The van der Waals surface area contributed by atoms with Crippen molar-refractivity contribution in [3.63, 3.8) is 0 Å². The van der Waals surface area contributed by atoms with Gasteiger partial charge in [0.15, 0.2) is 0 Å². The fourth-order valence-corrected chi connectivity index (χ4v) is 11.8. The van der Waals surface area contributed by atoms with Gasteiger partial charge in [-0.15, -0.1) is 0 Å². The normalized spacial score (nSPS) is 14.5. The molecule has 0 saturated heterocycles. The minimum absolute atomic E-state index is 0.546. The number of rotatable bonds is 3. The Bertz CT molecular complexity index is 3470. The lowest BCUT2D eigenvalue weighted by molar-refractivity contribution is 0.436. The van der Waals surface area contributed by atoms with Gasteiger partial charge in [-0.05, 0) is 104 Å². The molecule has 14 rings (SSSR count). The summed E-state index contributed by atoms with van der Waals surface area (Å²) in [5.41, 5.74) is 16.8. The van der Waals surface area contributed by atoms with Crippen LogP contribution in [0.15, 0.2) is 224 Å². The summed E-state index contributed by atoms with van der Waals surface area (Å²) < 4.78 is 13.4. The van der Waals surface area contributed by atoms with Crippen molar-refractivity contribution in [1.29, 1.82) is 0 Å². The Hall–Kier alpha value is -8.14. The molecule has 0 amide bonds. The number of hydrogen-bond donors (Lipinski definition) is 0. The monoisotopic (exact) mass is 803 g/mol. The molecule has 0 unspecified atom stereocenters. The molecule has 10 aromatic carbocycles. The zero-order valence-electron chi connectivity index (χ0n) is 34.1. The third kappa shape index (κ3) is 4.43. The minimum Gasteiger partial charge on any atom is -0.457 e. The number of anilines is 3. The van der Waals surface area contributed by atoms with E-state index in [-0.39, 0.29) is 0 Å². The molecule has 4 aliphatic rings. The van der Waals surface area contributed by atoms with Crippen LogP contribution < -0.4 is 14.4 Å². The van der Waals surface area contributed by atoms with Crippen LogP contribution in [-0.2, 0) is 10.8 Å². The predicted molar refractivity (Wildman–Crippen MR) is 253 cm³/mol. The molecular weight excluding hydrogens is 767 g/mol. The summed E-state index contributed by atoms with van der Waals surface area (Å²) in [6, 6.07) is 82.0. The van der Waals surface area contributed by atoms with Gasteiger partial charge >= 0.3 is 0 Å². The highest BCUT2D eigenvalue weighted by atomic mass is 16.5. The lowest BCUT2D eigenvalue weighted by atomic mass is 9.66. The highest BCUT2D eigenvalue weighted by Gasteiger charge is 2.53. The highest BCUT2D eigenvalue weighted by molar-refractivity contribution is 6.01. The summed E-state index contributed by atoms with van der Waals surface area (Å²) >= 11 is 0. The molecule has 0 aromatic heterocycles. The van der Waals surface area contributed by atoms with Gasteiger partial charge in [0.2, 0.25) is 0 Å². The van der Waals surface area contributed by atoms with Crippen LogP contribution >= 0.6 is 0 Å². The molecule has 2 spiro atoms. The number of fused-ring (bicyclic) bond motifs is 19. The van der Waals surface area contributed by atoms with E-state index in [0.29, 0.717) is 0 Å². The van der Waals surface area contributed by atoms with Gasteiger partial charge in [-0.2, -0.15) is 0 Å². The first kappa shape index (κ1) is 34.6. The number of ether oxygens (including phenoxy) is 2. The highest BCUT2D eigenvalue weighted by Crippen LogP contribution is 2.65. The van der Waals surface area contributed by atoms with Crippen molar-refractivity contribution in [3.05, 3.63) is 269 Å². The van der Waals surface area contributed by atoms with E-state index in [9.17, 15) is 0 Å². The predicted octanol–water partition coefficient (Wildman–Crippen LogP) is 15.2. The van der Waals surface area contributed by atoms with Gasteiger partial charge in [0, 0.05) is 39.0 Å². The van der Waals surface area contributed by atoms with Gasteiger partial charge in [-0.25, -0.2) is 0 Å². The van der Waals surface area contributed by atoms with Crippen LogP contribution in [0, 0.1) is 0 Å². The maximum atomic E-state index is 6.70. The average molecular weight is 804 g/mol. The van der Waals surface area contributed by atoms with Crippen LogP contribution in [-0.4, -0.2) is 0 Å². The first-order chi connectivity index (χ1) is 31.2. The van der Waals surface area contributed by atoms with Crippen LogP contribution in [0.2, 0.25) is 0 Å². The van der Waals surface area contributed by atoms with E-state index in [0.717, 1.165) is 62.3 Å². The number of hydrogen-bond acceptors (Lipinski definition) is 3. The zero-order valence-corrected chi connectivity index (χ0v) is 34.1. The molecule has 0 saturated carbocycles. The van der Waals surface area contributed by atoms with E-state index in [1.165, 1.54) is 55.3 Å². The number of nitrogens with zero attached hydrogens (tertiary/aromatic N) is 1. The zero-order chi connectivity index (χ0) is 41.3. The molecule has 0 bridgehead atoms. The third-order valence-electron chi connectivity index (χ3n) is 14.2. The van der Waals surface area contributed by atoms with E-state index in [1.54, 1.807) is 0 Å². The van der Waals surface area contributed by atoms with Crippen molar-refractivity contribution in [2.24, 2.45) is 0 Å². The van der Waals surface area contributed by atoms with Crippen LogP contribution in [0.1, 0.15) is 44.5 Å². The molecule has 0 radical (unpaired) electrons. The molecule has 2 aliphatic heterocycles. The molecule has 3 nitrogen and oxygen atoms in total. The summed E-state index contributed by atoms with van der Waals surface area (Å²) in [7, 11) is 0. The maximum absolute atomic E-state index is 6.70. The largest absolute Gasteiger partial charge is 0.457 e. The van der Waals surface area contributed by atoms with E-state index >= 15 is 0 Å². The van der Waals surface area contributed by atoms with Crippen molar-refractivity contribution in [3.8, 4) is 45.3 Å². The standard InChI is InChI=1S/C60H37NO2/c1-2-18-41-38(16-1)17-15-27-54(41)61(39-33-35-48-45(36-39)43-20-4-6-22-47(43)59(48)49-23-7-11-28-55(49)62-56-29-12-8-24-50(56)59)40-32-34-44-42-19-3-5-21-46(42)60(53(44)37-40)51-25-9-13-30-57(51)63-58-31-14-10-26-52(58)60/h1-37H. The van der Waals surface area contributed by atoms with Gasteiger partial charge < -0.3 is 14.4 Å². The molecule has 2 heterocycles. The maximum Gasteiger partial charge on any atom is 0.132 e. The average Bonchev–Trinajstić information content (AvgIpc) is 3.79. The van der Waals surface area contributed by atoms with E-state index in [2.05, 4.69) is 229 Å². The molecule has 0 atom stereocenters. The smallest absolute Gasteiger partial charge is 0.132 e. The fourth-order valence-electron chi connectivity index (χ4n) is 11.8. The first-order valence-corrected chi connectivity index (χ1v) is 21.7. The molecule has 63 heavy (non-hydrogen) atoms. The Morgan fingerprint density at radius 2 is 0.698 bits per heavy atom. The molecule has 294 valence electrons. The minimum atomic E-state index is -0.592. The third-order valence-corrected chi connectivity index (χ3v) is 14.2. The molecular formula is C60H37NO2. The van der Waals surface area contributed by atoms with Crippen molar-refractivity contribution in [2.75, 3.05) is 4.90 Å². The van der Waals surface area contributed by atoms with E-state index < -0.39 is 10.8 Å². The van der Waals surface area contributed by atoms with Gasteiger partial charge in [0.05, 0.1) is 16.5 Å². The van der Waals surface area contributed by atoms with Crippen LogP contribution in [0.4, 0.5) is 17.1 Å². The quantitative estimate of drug-likeness (QED) is 0.178.